The fourth-order valence-corrected chi connectivity index (χ4v) is 2.60. The molecule has 2 aromatic rings. The average Bonchev–Trinajstić information content (AvgIpc) is 2.91. The van der Waals surface area contributed by atoms with Crippen molar-refractivity contribution in [2.75, 3.05) is 0 Å². The molecule has 0 bridgehead atoms. The molecule has 0 aliphatic rings. The van der Waals surface area contributed by atoms with Crippen molar-refractivity contribution in [3.63, 3.8) is 0 Å². The van der Waals surface area contributed by atoms with E-state index in [-0.39, 0.29) is 6.04 Å². The molecule has 0 amide bonds. The van der Waals surface area contributed by atoms with Crippen LogP contribution in [0.2, 0.25) is 5.02 Å². The van der Waals surface area contributed by atoms with Gasteiger partial charge in [0.15, 0.2) is 0 Å². The Hall–Kier alpha value is -1.36. The summed E-state index contributed by atoms with van der Waals surface area (Å²) in [6, 6.07) is 10.3. The standard InChI is InChI=1S/C16H23ClN4/c1-3-14-10-16(21(4-2)20-14)11-15(19-18)9-12-5-7-13(17)8-6-12/h5-8,10,15,19H,3-4,9,11,18H2,1-2H3. The van der Waals surface area contributed by atoms with E-state index >= 15 is 0 Å². The minimum absolute atomic E-state index is 0.179. The quantitative estimate of drug-likeness (QED) is 0.611. The summed E-state index contributed by atoms with van der Waals surface area (Å²) >= 11 is 5.92. The number of nitrogens with one attached hydrogen (secondary N) is 1. The van der Waals surface area contributed by atoms with Crippen molar-refractivity contribution < 1.29 is 0 Å². The van der Waals surface area contributed by atoms with E-state index in [1.807, 2.05) is 24.3 Å². The zero-order valence-corrected chi connectivity index (χ0v) is 13.4. The van der Waals surface area contributed by atoms with E-state index in [1.165, 1.54) is 11.3 Å². The van der Waals surface area contributed by atoms with Crippen LogP contribution in [0.15, 0.2) is 30.3 Å². The van der Waals surface area contributed by atoms with Crippen LogP contribution in [0.3, 0.4) is 0 Å². The Morgan fingerprint density at radius 2 is 1.95 bits per heavy atom. The average molecular weight is 307 g/mol. The van der Waals surface area contributed by atoms with Gasteiger partial charge in [-0.2, -0.15) is 5.10 Å². The number of hydrazine groups is 1. The van der Waals surface area contributed by atoms with E-state index in [4.69, 9.17) is 17.4 Å². The molecule has 0 saturated heterocycles. The van der Waals surface area contributed by atoms with Gasteiger partial charge >= 0.3 is 0 Å². The predicted molar refractivity (Wildman–Crippen MR) is 87.3 cm³/mol. The number of nitrogens with zero attached hydrogens (tertiary/aromatic N) is 2. The summed E-state index contributed by atoms with van der Waals surface area (Å²) in [6.07, 6.45) is 2.68. The molecule has 1 aromatic carbocycles. The monoisotopic (exact) mass is 306 g/mol. The Labute approximate surface area is 131 Å². The third-order valence-electron chi connectivity index (χ3n) is 3.66. The minimum atomic E-state index is 0.179. The van der Waals surface area contributed by atoms with Crippen molar-refractivity contribution in [2.24, 2.45) is 5.84 Å². The molecule has 0 aliphatic heterocycles. The summed E-state index contributed by atoms with van der Waals surface area (Å²) in [5, 5.41) is 5.34. The third kappa shape index (κ3) is 4.30. The van der Waals surface area contributed by atoms with Crippen molar-refractivity contribution >= 4 is 11.6 Å². The highest BCUT2D eigenvalue weighted by atomic mass is 35.5. The van der Waals surface area contributed by atoms with Crippen LogP contribution < -0.4 is 11.3 Å². The maximum Gasteiger partial charge on any atom is 0.0624 e. The molecule has 21 heavy (non-hydrogen) atoms. The van der Waals surface area contributed by atoms with E-state index < -0.39 is 0 Å². The van der Waals surface area contributed by atoms with Gasteiger partial charge in [-0.05, 0) is 43.5 Å². The molecule has 5 heteroatoms. The highest BCUT2D eigenvalue weighted by molar-refractivity contribution is 6.30. The van der Waals surface area contributed by atoms with Crippen LogP contribution in [0.1, 0.15) is 30.8 Å². The second kappa shape index (κ2) is 7.59. The van der Waals surface area contributed by atoms with E-state index in [1.54, 1.807) is 0 Å². The van der Waals surface area contributed by atoms with Crippen LogP contribution in [-0.4, -0.2) is 15.8 Å². The molecule has 0 fully saturated rings. The lowest BCUT2D eigenvalue weighted by atomic mass is 10.0. The second-order valence-electron chi connectivity index (χ2n) is 5.19. The van der Waals surface area contributed by atoms with Crippen LogP contribution in [0.5, 0.6) is 0 Å². The molecule has 3 N–H and O–H groups in total. The number of rotatable bonds is 7. The van der Waals surface area contributed by atoms with Gasteiger partial charge in [0.25, 0.3) is 0 Å². The maximum atomic E-state index is 5.92. The van der Waals surface area contributed by atoms with Crippen LogP contribution in [-0.2, 0) is 25.8 Å². The van der Waals surface area contributed by atoms with Gasteiger partial charge in [0.2, 0.25) is 0 Å². The molecule has 2 rings (SSSR count). The first-order valence-corrected chi connectivity index (χ1v) is 7.80. The van der Waals surface area contributed by atoms with Gasteiger partial charge in [0, 0.05) is 29.7 Å². The summed E-state index contributed by atoms with van der Waals surface area (Å²) in [6.45, 7) is 5.12. The number of aromatic nitrogens is 2. The highest BCUT2D eigenvalue weighted by Gasteiger charge is 2.13. The van der Waals surface area contributed by atoms with Crippen molar-refractivity contribution in [3.05, 3.63) is 52.3 Å². The molecule has 1 heterocycles. The summed E-state index contributed by atoms with van der Waals surface area (Å²) in [5.74, 6) is 5.72. The molecule has 1 unspecified atom stereocenters. The molecular weight excluding hydrogens is 284 g/mol. The first-order chi connectivity index (χ1) is 10.2. The molecular formula is C16H23ClN4. The molecule has 4 nitrogen and oxygen atoms in total. The van der Waals surface area contributed by atoms with Crippen molar-refractivity contribution in [1.29, 1.82) is 0 Å². The van der Waals surface area contributed by atoms with Gasteiger partial charge in [0.1, 0.15) is 0 Å². The summed E-state index contributed by atoms with van der Waals surface area (Å²) in [4.78, 5) is 0. The Bertz CT molecular complexity index is 562. The number of nitrogens with two attached hydrogens (primary N) is 1. The Balaban J connectivity index is 2.08. The summed E-state index contributed by atoms with van der Waals surface area (Å²) < 4.78 is 2.06. The number of halogens is 1. The van der Waals surface area contributed by atoms with Crippen molar-refractivity contribution in [3.8, 4) is 0 Å². The molecule has 114 valence electrons. The Morgan fingerprint density at radius 1 is 1.24 bits per heavy atom. The molecule has 0 spiro atoms. The third-order valence-corrected chi connectivity index (χ3v) is 3.91. The molecule has 1 atom stereocenters. The number of hydrogen-bond acceptors (Lipinski definition) is 3. The van der Waals surface area contributed by atoms with Crippen LogP contribution in [0.25, 0.3) is 0 Å². The maximum absolute atomic E-state index is 5.92. The van der Waals surface area contributed by atoms with Crippen LogP contribution in [0.4, 0.5) is 0 Å². The molecule has 0 aliphatic carbocycles. The smallest absolute Gasteiger partial charge is 0.0624 e. The van der Waals surface area contributed by atoms with Crippen LogP contribution >= 0.6 is 11.6 Å². The van der Waals surface area contributed by atoms with Gasteiger partial charge in [-0.3, -0.25) is 16.0 Å². The number of benzene rings is 1. The van der Waals surface area contributed by atoms with Gasteiger partial charge in [-0.25, -0.2) is 0 Å². The highest BCUT2D eigenvalue weighted by Crippen LogP contribution is 2.14. The van der Waals surface area contributed by atoms with E-state index in [2.05, 4.69) is 35.1 Å². The SMILES string of the molecule is CCc1cc(CC(Cc2ccc(Cl)cc2)NN)n(CC)n1. The van der Waals surface area contributed by atoms with Gasteiger partial charge in [-0.1, -0.05) is 30.7 Å². The molecule has 0 radical (unpaired) electrons. The normalized spacial score (nSPS) is 12.6. The largest absolute Gasteiger partial charge is 0.271 e. The predicted octanol–water partition coefficient (Wildman–Crippen LogP) is 2.74. The lowest BCUT2D eigenvalue weighted by Gasteiger charge is -2.16. The number of hydrogen-bond donors (Lipinski definition) is 2. The minimum Gasteiger partial charge on any atom is -0.271 e. The summed E-state index contributed by atoms with van der Waals surface area (Å²) in [5.41, 5.74) is 6.50. The lowest BCUT2D eigenvalue weighted by Crippen LogP contribution is -2.39. The topological polar surface area (TPSA) is 55.9 Å². The van der Waals surface area contributed by atoms with E-state index in [9.17, 15) is 0 Å². The van der Waals surface area contributed by atoms with E-state index in [0.717, 1.165) is 36.5 Å². The molecule has 1 aromatic heterocycles. The Morgan fingerprint density at radius 3 is 2.52 bits per heavy atom. The van der Waals surface area contributed by atoms with Crippen molar-refractivity contribution in [1.82, 2.24) is 15.2 Å². The van der Waals surface area contributed by atoms with Gasteiger partial charge in [0.05, 0.1) is 5.69 Å². The van der Waals surface area contributed by atoms with Crippen LogP contribution in [0, 0.1) is 0 Å². The first kappa shape index (κ1) is 16.0. The fraction of sp³-hybridized carbons (Fsp3) is 0.438. The fourth-order valence-electron chi connectivity index (χ4n) is 2.47. The van der Waals surface area contributed by atoms with Crippen molar-refractivity contribution in [2.45, 2.75) is 45.7 Å². The zero-order valence-electron chi connectivity index (χ0n) is 12.6. The van der Waals surface area contributed by atoms with Gasteiger partial charge in [-0.15, -0.1) is 0 Å². The Kier molecular flexibility index (Phi) is 5.79. The lowest BCUT2D eigenvalue weighted by molar-refractivity contribution is 0.496. The van der Waals surface area contributed by atoms with Gasteiger partial charge < -0.3 is 0 Å². The second-order valence-corrected chi connectivity index (χ2v) is 5.63. The zero-order chi connectivity index (χ0) is 15.2. The first-order valence-electron chi connectivity index (χ1n) is 7.42. The molecule has 0 saturated carbocycles. The van der Waals surface area contributed by atoms with E-state index in [0.29, 0.717) is 0 Å². The number of aryl methyl sites for hydroxylation is 2. The summed E-state index contributed by atoms with van der Waals surface area (Å²) in [7, 11) is 0.